The molecule has 4 nitrogen and oxygen atoms in total. The molecule has 0 fully saturated rings. The van der Waals surface area contributed by atoms with Gasteiger partial charge in [-0.05, 0) is 85.4 Å². The maximum absolute atomic E-state index is 11.6. The summed E-state index contributed by atoms with van der Waals surface area (Å²) in [4.78, 5) is 23.3. The van der Waals surface area contributed by atoms with Crippen LogP contribution in [0.4, 0.5) is 0 Å². The maximum Gasteiger partial charge on any atom is 0.184 e. The van der Waals surface area contributed by atoms with E-state index in [1.165, 1.54) is 0 Å². The number of nitrogens with zero attached hydrogens (tertiary/aromatic N) is 2. The number of Topliss-reactive ketones (excluding diaryl/α,β-unsaturated/α-hetero) is 2. The second-order valence-electron chi connectivity index (χ2n) is 5.46. The second kappa shape index (κ2) is 15.4. The Morgan fingerprint density at radius 1 is 0.536 bits per heavy atom. The van der Waals surface area contributed by atoms with E-state index in [4.69, 9.17) is 0 Å². The van der Waals surface area contributed by atoms with Gasteiger partial charge in [-0.2, -0.15) is 10.2 Å². The molecular formula is C24H36N2O2. The van der Waals surface area contributed by atoms with Crippen LogP contribution in [0, 0.1) is 0 Å². The number of ketones is 2. The molecule has 0 aromatic rings. The summed E-state index contributed by atoms with van der Waals surface area (Å²) in [6.07, 6.45) is 10.4. The molecule has 0 aromatic heterocycles. The maximum atomic E-state index is 11.6. The highest BCUT2D eigenvalue weighted by molar-refractivity contribution is 6.10. The molecule has 154 valence electrons. The Morgan fingerprint density at radius 3 is 0.964 bits per heavy atom. The lowest BCUT2D eigenvalue weighted by atomic mass is 9.96. The molecule has 0 radical (unpaired) electrons. The number of carbonyl (C=O) groups excluding carboxylic acids is 2. The zero-order valence-electron chi connectivity index (χ0n) is 19.2. The predicted octanol–water partition coefficient (Wildman–Crippen LogP) is 7.24. The van der Waals surface area contributed by atoms with Crippen LogP contribution in [0.25, 0.3) is 0 Å². The summed E-state index contributed by atoms with van der Waals surface area (Å²) in [5, 5.41) is 7.99. The van der Waals surface area contributed by atoms with Crippen molar-refractivity contribution in [2.45, 2.75) is 69.2 Å². The van der Waals surface area contributed by atoms with Gasteiger partial charge in [0, 0.05) is 0 Å². The summed E-state index contributed by atoms with van der Waals surface area (Å²) in [6.45, 7) is 19.1. The Balaban J connectivity index is 0. The van der Waals surface area contributed by atoms with Gasteiger partial charge in [-0.1, -0.05) is 41.5 Å². The van der Waals surface area contributed by atoms with E-state index in [1.54, 1.807) is 64.4 Å². The van der Waals surface area contributed by atoms with Gasteiger partial charge in [0.25, 0.3) is 0 Å². The Kier molecular flexibility index (Phi) is 15.2. The first-order chi connectivity index (χ1) is 13.4. The number of hydrogen-bond donors (Lipinski definition) is 0. The van der Waals surface area contributed by atoms with Crippen LogP contribution < -0.4 is 0 Å². The van der Waals surface area contributed by atoms with E-state index in [0.29, 0.717) is 22.3 Å². The zero-order chi connectivity index (χ0) is 22.3. The van der Waals surface area contributed by atoms with Crippen LogP contribution in [0.1, 0.15) is 69.2 Å². The van der Waals surface area contributed by atoms with Crippen molar-refractivity contribution in [3.05, 3.63) is 70.1 Å². The third kappa shape index (κ3) is 8.85. The van der Waals surface area contributed by atoms with Gasteiger partial charge >= 0.3 is 0 Å². The average Bonchev–Trinajstić information content (AvgIpc) is 2.72. The summed E-state index contributed by atoms with van der Waals surface area (Å²) in [5.74, 6) is 0.119. The van der Waals surface area contributed by atoms with E-state index < -0.39 is 0 Å². The molecule has 0 atom stereocenters. The highest BCUT2D eigenvalue weighted by atomic mass is 16.1. The highest BCUT2D eigenvalue weighted by Crippen LogP contribution is 2.19. The van der Waals surface area contributed by atoms with Gasteiger partial charge < -0.3 is 0 Å². The minimum Gasteiger partial charge on any atom is -0.289 e. The molecule has 0 saturated heterocycles. The van der Waals surface area contributed by atoms with Gasteiger partial charge in [-0.3, -0.25) is 9.59 Å². The van der Waals surface area contributed by atoms with Crippen LogP contribution in [-0.2, 0) is 9.59 Å². The molecule has 0 aliphatic heterocycles. The molecule has 0 bridgehead atoms. The molecule has 4 heteroatoms. The van der Waals surface area contributed by atoms with Gasteiger partial charge in [0.1, 0.15) is 0 Å². The van der Waals surface area contributed by atoms with Crippen LogP contribution in [0.2, 0.25) is 0 Å². The Morgan fingerprint density at radius 2 is 0.750 bits per heavy atom. The normalized spacial score (nSPS) is 15.5. The van der Waals surface area contributed by atoms with Gasteiger partial charge in [0.2, 0.25) is 0 Å². The zero-order valence-corrected chi connectivity index (χ0v) is 19.2. The fourth-order valence-corrected chi connectivity index (χ4v) is 2.32. The molecule has 0 N–H and O–H groups in total. The van der Waals surface area contributed by atoms with Crippen molar-refractivity contribution < 1.29 is 9.59 Å². The molecule has 0 amide bonds. The second-order valence-corrected chi connectivity index (χ2v) is 5.46. The third-order valence-corrected chi connectivity index (χ3v) is 3.45. The summed E-state index contributed by atoms with van der Waals surface area (Å²) >= 11 is 0. The van der Waals surface area contributed by atoms with E-state index in [1.807, 2.05) is 41.5 Å². The minimum absolute atomic E-state index is 0.0595. The highest BCUT2D eigenvalue weighted by Gasteiger charge is 2.13. The molecule has 0 saturated carbocycles. The molecule has 2 rings (SSSR count). The first kappa shape index (κ1) is 27.6. The lowest BCUT2D eigenvalue weighted by Gasteiger charge is -2.08. The van der Waals surface area contributed by atoms with Gasteiger partial charge in [-0.25, -0.2) is 0 Å². The Hall–Kier alpha value is -2.62. The van der Waals surface area contributed by atoms with Crippen molar-refractivity contribution >= 4 is 11.6 Å². The van der Waals surface area contributed by atoms with Crippen molar-refractivity contribution in [2.75, 3.05) is 0 Å². The number of azo groups is 1. The lowest BCUT2D eigenvalue weighted by Crippen LogP contribution is -2.05. The van der Waals surface area contributed by atoms with Gasteiger partial charge in [0.05, 0.1) is 12.4 Å². The minimum atomic E-state index is 0.0595. The van der Waals surface area contributed by atoms with Crippen molar-refractivity contribution in [1.29, 1.82) is 0 Å². The summed E-state index contributed by atoms with van der Waals surface area (Å²) in [7, 11) is 0. The molecule has 2 aliphatic carbocycles. The Labute approximate surface area is 171 Å². The summed E-state index contributed by atoms with van der Waals surface area (Å²) in [5.41, 5.74) is 4.47. The Bertz CT molecular complexity index is 643. The van der Waals surface area contributed by atoms with Crippen LogP contribution in [0.5, 0.6) is 0 Å². The standard InChI is InChI=1S/C18H18N2O2.3C2H6/c1-11-5-15(6-12(2)17(11)21)9-19-20-10-16-7-13(3)18(22)14(4)8-16;3*1-2/h5-10H,1-4H3;3*1-2H3. The molecule has 28 heavy (non-hydrogen) atoms. The molecule has 0 unspecified atom stereocenters. The van der Waals surface area contributed by atoms with Crippen LogP contribution >= 0.6 is 0 Å². The lowest BCUT2D eigenvalue weighted by molar-refractivity contribution is -0.113. The van der Waals surface area contributed by atoms with Crippen LogP contribution in [0.3, 0.4) is 0 Å². The first-order valence-electron chi connectivity index (χ1n) is 10.0. The average molecular weight is 385 g/mol. The monoisotopic (exact) mass is 384 g/mol. The summed E-state index contributed by atoms with van der Waals surface area (Å²) in [6, 6.07) is 0. The number of hydrogen-bond acceptors (Lipinski definition) is 4. The van der Waals surface area contributed by atoms with E-state index in [9.17, 15) is 9.59 Å². The predicted molar refractivity (Wildman–Crippen MR) is 120 cm³/mol. The third-order valence-electron chi connectivity index (χ3n) is 3.45. The summed E-state index contributed by atoms with van der Waals surface area (Å²) < 4.78 is 0. The van der Waals surface area contributed by atoms with E-state index in [2.05, 4.69) is 10.2 Å². The van der Waals surface area contributed by atoms with Crippen molar-refractivity contribution in [1.82, 2.24) is 0 Å². The largest absolute Gasteiger partial charge is 0.289 e. The molecule has 0 heterocycles. The van der Waals surface area contributed by atoms with E-state index in [-0.39, 0.29) is 11.6 Å². The number of carbonyl (C=O) groups is 2. The quantitative estimate of drug-likeness (QED) is 0.471. The fraction of sp³-hybridized carbons (Fsp3) is 0.417. The van der Waals surface area contributed by atoms with E-state index >= 15 is 0 Å². The van der Waals surface area contributed by atoms with Crippen molar-refractivity contribution in [2.24, 2.45) is 10.2 Å². The molecular weight excluding hydrogens is 348 g/mol. The smallest absolute Gasteiger partial charge is 0.184 e. The van der Waals surface area contributed by atoms with E-state index in [0.717, 1.165) is 11.1 Å². The van der Waals surface area contributed by atoms with Crippen LogP contribution in [-0.4, -0.2) is 11.6 Å². The van der Waals surface area contributed by atoms with Crippen molar-refractivity contribution in [3.63, 3.8) is 0 Å². The number of rotatable bonds is 2. The van der Waals surface area contributed by atoms with Crippen LogP contribution in [0.15, 0.2) is 80.4 Å². The molecule has 2 aliphatic rings. The number of allylic oxidation sites excluding steroid dienone is 10. The van der Waals surface area contributed by atoms with Gasteiger partial charge in [-0.15, -0.1) is 0 Å². The van der Waals surface area contributed by atoms with Crippen molar-refractivity contribution in [3.8, 4) is 0 Å². The molecule has 0 aromatic carbocycles. The molecule has 0 spiro atoms. The first-order valence-corrected chi connectivity index (χ1v) is 10.0. The fourth-order valence-electron chi connectivity index (χ4n) is 2.32. The SMILES string of the molecule is CC.CC.CC.CC1=CC(=CN=NC=C2C=C(C)C(=O)C(C)=C2)C=C(C)C1=O. The van der Waals surface area contributed by atoms with Gasteiger partial charge in [0.15, 0.2) is 11.6 Å². The topological polar surface area (TPSA) is 58.9 Å².